The molecule has 2 aliphatic heterocycles. The molecule has 1 aromatic rings. The van der Waals surface area contributed by atoms with E-state index in [-0.39, 0.29) is 12.5 Å². The van der Waals surface area contributed by atoms with Crippen LogP contribution in [-0.2, 0) is 18.8 Å². The summed E-state index contributed by atoms with van der Waals surface area (Å²) in [6, 6.07) is 5.40. The van der Waals surface area contributed by atoms with Crippen LogP contribution in [0.3, 0.4) is 0 Å². The maximum Gasteiger partial charge on any atom is 0.494 e. The molecule has 23 heavy (non-hydrogen) atoms. The third kappa shape index (κ3) is 2.54. The lowest BCUT2D eigenvalue weighted by Gasteiger charge is -2.32. The topological polar surface area (TPSA) is 65.1 Å². The summed E-state index contributed by atoms with van der Waals surface area (Å²) in [7, 11) is -0.478. The molecule has 1 aromatic carbocycles. The van der Waals surface area contributed by atoms with Gasteiger partial charge in [-0.05, 0) is 51.7 Å². The minimum absolute atomic E-state index is 0.211. The molecule has 0 atom stereocenters. The smallest absolute Gasteiger partial charge is 0.439 e. The molecule has 0 aliphatic carbocycles. The highest BCUT2D eigenvalue weighted by Crippen LogP contribution is 2.36. The lowest BCUT2D eigenvalue weighted by Crippen LogP contribution is -2.41. The van der Waals surface area contributed by atoms with Gasteiger partial charge in [-0.2, -0.15) is 0 Å². The molecular weight excluding hydrogens is 297 g/mol. The zero-order valence-electron chi connectivity index (χ0n) is 14.0. The second-order valence-electron chi connectivity index (χ2n) is 6.92. The summed E-state index contributed by atoms with van der Waals surface area (Å²) in [5, 5.41) is 0. The van der Waals surface area contributed by atoms with E-state index in [4.69, 9.17) is 14.0 Å². The average Bonchev–Trinajstić information content (AvgIpc) is 2.87. The molecule has 0 N–H and O–H groups in total. The highest BCUT2D eigenvalue weighted by atomic mass is 16.7. The molecule has 122 valence electrons. The van der Waals surface area contributed by atoms with Gasteiger partial charge in [-0.1, -0.05) is 12.1 Å². The molecule has 0 unspecified atom stereocenters. The van der Waals surface area contributed by atoms with Gasteiger partial charge in [0.1, 0.15) is 0 Å². The number of anilines is 1. The maximum absolute atomic E-state index is 11.8. The first-order chi connectivity index (χ1) is 10.6. The van der Waals surface area contributed by atoms with Gasteiger partial charge >= 0.3 is 13.2 Å². The standard InChI is InChI=1S/C16H20BNO5/c1-10-8-11(17-22-15(2,3)16(4,5)23-17)6-7-12(10)18-13(19)9-21-14(18)20/h6-8H,9H2,1-5H3. The van der Waals surface area contributed by atoms with E-state index in [2.05, 4.69) is 0 Å². The van der Waals surface area contributed by atoms with E-state index < -0.39 is 24.4 Å². The summed E-state index contributed by atoms with van der Waals surface area (Å²) in [6.45, 7) is 9.60. The van der Waals surface area contributed by atoms with Crippen molar-refractivity contribution in [2.45, 2.75) is 45.8 Å². The van der Waals surface area contributed by atoms with Crippen LogP contribution >= 0.6 is 0 Å². The molecule has 2 amide bonds. The number of imide groups is 1. The third-order valence-corrected chi connectivity index (χ3v) is 4.74. The van der Waals surface area contributed by atoms with Crippen LogP contribution in [0.4, 0.5) is 10.5 Å². The zero-order chi connectivity index (χ0) is 17.0. The van der Waals surface area contributed by atoms with Crippen LogP contribution in [0.1, 0.15) is 33.3 Å². The number of carbonyl (C=O) groups excluding carboxylic acids is 2. The van der Waals surface area contributed by atoms with E-state index in [0.29, 0.717) is 5.69 Å². The molecule has 3 rings (SSSR count). The zero-order valence-corrected chi connectivity index (χ0v) is 14.0. The molecule has 0 radical (unpaired) electrons. The Labute approximate surface area is 135 Å². The van der Waals surface area contributed by atoms with Crippen LogP contribution in [-0.4, -0.2) is 36.9 Å². The van der Waals surface area contributed by atoms with Crippen molar-refractivity contribution >= 4 is 30.3 Å². The van der Waals surface area contributed by atoms with Gasteiger partial charge < -0.3 is 14.0 Å². The summed E-state index contributed by atoms with van der Waals surface area (Å²) in [5.74, 6) is -0.360. The average molecular weight is 317 g/mol. The van der Waals surface area contributed by atoms with E-state index in [1.54, 1.807) is 6.07 Å². The number of nitrogens with zero attached hydrogens (tertiary/aromatic N) is 1. The Hall–Kier alpha value is -1.86. The number of carbonyl (C=O) groups is 2. The van der Waals surface area contributed by atoms with E-state index in [0.717, 1.165) is 15.9 Å². The van der Waals surface area contributed by atoms with Crippen molar-refractivity contribution in [1.82, 2.24) is 0 Å². The SMILES string of the molecule is Cc1cc(B2OC(C)(C)C(C)(C)O2)ccc1N1C(=O)COC1=O. The van der Waals surface area contributed by atoms with Crippen molar-refractivity contribution in [2.24, 2.45) is 0 Å². The second kappa shape index (κ2) is 5.07. The lowest BCUT2D eigenvalue weighted by molar-refractivity contribution is -0.117. The van der Waals surface area contributed by atoms with Gasteiger partial charge in [-0.15, -0.1) is 0 Å². The van der Waals surface area contributed by atoms with Crippen molar-refractivity contribution in [3.05, 3.63) is 23.8 Å². The minimum atomic E-state index is -0.638. The number of ether oxygens (including phenoxy) is 1. The molecule has 0 spiro atoms. The Bertz CT molecular complexity index is 653. The minimum Gasteiger partial charge on any atom is -0.439 e. The molecular formula is C16H20BNO5. The van der Waals surface area contributed by atoms with Crippen LogP contribution in [0, 0.1) is 6.92 Å². The van der Waals surface area contributed by atoms with Gasteiger partial charge in [0, 0.05) is 0 Å². The molecule has 0 saturated carbocycles. The first-order valence-corrected chi connectivity index (χ1v) is 7.58. The van der Waals surface area contributed by atoms with Gasteiger partial charge in [0.05, 0.1) is 16.9 Å². The quantitative estimate of drug-likeness (QED) is 0.778. The normalized spacial score (nSPS) is 22.7. The fraction of sp³-hybridized carbons (Fsp3) is 0.500. The van der Waals surface area contributed by atoms with Crippen LogP contribution in [0.25, 0.3) is 0 Å². The van der Waals surface area contributed by atoms with Gasteiger partial charge in [-0.25, -0.2) is 9.69 Å². The molecule has 0 aromatic heterocycles. The van der Waals surface area contributed by atoms with E-state index in [9.17, 15) is 9.59 Å². The van der Waals surface area contributed by atoms with Crippen LogP contribution in [0.2, 0.25) is 0 Å². The number of amides is 2. The number of rotatable bonds is 2. The maximum atomic E-state index is 11.8. The fourth-order valence-corrected chi connectivity index (χ4v) is 2.64. The summed E-state index contributed by atoms with van der Waals surface area (Å²) >= 11 is 0. The molecule has 0 bridgehead atoms. The lowest BCUT2D eigenvalue weighted by atomic mass is 9.78. The summed E-state index contributed by atoms with van der Waals surface area (Å²) < 4.78 is 16.8. The van der Waals surface area contributed by atoms with Gasteiger partial charge in [0.2, 0.25) is 0 Å². The number of cyclic esters (lactones) is 1. The third-order valence-electron chi connectivity index (χ3n) is 4.74. The van der Waals surface area contributed by atoms with Gasteiger partial charge in [-0.3, -0.25) is 4.79 Å². The van der Waals surface area contributed by atoms with Crippen molar-refractivity contribution in [3.63, 3.8) is 0 Å². The van der Waals surface area contributed by atoms with E-state index >= 15 is 0 Å². The van der Waals surface area contributed by atoms with Crippen LogP contribution in [0.5, 0.6) is 0 Å². The molecule has 2 saturated heterocycles. The Morgan fingerprint density at radius 3 is 2.17 bits per heavy atom. The summed E-state index contributed by atoms with van der Waals surface area (Å²) in [5.41, 5.74) is 1.32. The predicted molar refractivity (Wildman–Crippen MR) is 85.7 cm³/mol. The van der Waals surface area contributed by atoms with Crippen molar-refractivity contribution in [3.8, 4) is 0 Å². The first kappa shape index (κ1) is 16.0. The monoisotopic (exact) mass is 317 g/mol. The summed E-state index contributed by atoms with van der Waals surface area (Å²) in [6.07, 6.45) is -0.638. The fourth-order valence-electron chi connectivity index (χ4n) is 2.64. The second-order valence-corrected chi connectivity index (χ2v) is 6.92. The number of hydrogen-bond acceptors (Lipinski definition) is 5. The van der Waals surface area contributed by atoms with Gasteiger partial charge in [0.15, 0.2) is 6.61 Å². The van der Waals surface area contributed by atoms with Crippen molar-refractivity contribution in [1.29, 1.82) is 0 Å². The number of aryl methyl sites for hydroxylation is 1. The molecule has 2 aliphatic rings. The van der Waals surface area contributed by atoms with Crippen molar-refractivity contribution in [2.75, 3.05) is 11.5 Å². The van der Waals surface area contributed by atoms with E-state index in [1.807, 2.05) is 46.8 Å². The Morgan fingerprint density at radius 1 is 1.09 bits per heavy atom. The van der Waals surface area contributed by atoms with Crippen LogP contribution in [0.15, 0.2) is 18.2 Å². The van der Waals surface area contributed by atoms with Crippen molar-refractivity contribution < 1.29 is 23.6 Å². The largest absolute Gasteiger partial charge is 0.494 e. The van der Waals surface area contributed by atoms with Gasteiger partial charge in [0.25, 0.3) is 5.91 Å². The molecule has 2 fully saturated rings. The van der Waals surface area contributed by atoms with E-state index in [1.165, 1.54) is 0 Å². The predicted octanol–water partition coefficient (Wildman–Crippen LogP) is 1.78. The first-order valence-electron chi connectivity index (χ1n) is 7.58. The molecule has 7 heteroatoms. The highest BCUT2D eigenvalue weighted by Gasteiger charge is 2.51. The molecule has 2 heterocycles. The summed E-state index contributed by atoms with van der Waals surface area (Å²) in [4.78, 5) is 24.5. The Balaban J connectivity index is 1.89. The number of benzene rings is 1. The Kier molecular flexibility index (Phi) is 3.53. The molecule has 6 nitrogen and oxygen atoms in total. The Morgan fingerprint density at radius 2 is 1.70 bits per heavy atom. The van der Waals surface area contributed by atoms with Crippen LogP contribution < -0.4 is 10.4 Å². The highest BCUT2D eigenvalue weighted by molar-refractivity contribution is 6.62. The number of hydrogen-bond donors (Lipinski definition) is 0.